The molecule has 0 radical (unpaired) electrons. The van der Waals surface area contributed by atoms with Gasteiger partial charge >= 0.3 is 0 Å². The van der Waals surface area contributed by atoms with Crippen molar-refractivity contribution in [1.29, 1.82) is 0 Å². The molecule has 3 heterocycles. The molecule has 4 aromatic rings. The van der Waals surface area contributed by atoms with E-state index in [1.165, 1.54) is 0 Å². The quantitative estimate of drug-likeness (QED) is 0.530. The molecular formula is C23H24N6O2. The van der Waals surface area contributed by atoms with E-state index in [9.17, 15) is 4.79 Å². The maximum atomic E-state index is 12.6. The zero-order chi connectivity index (χ0) is 22.0. The van der Waals surface area contributed by atoms with Gasteiger partial charge in [-0.25, -0.2) is 9.67 Å². The Balaban J connectivity index is 1.49. The Morgan fingerprint density at radius 3 is 2.52 bits per heavy atom. The second-order valence-corrected chi connectivity index (χ2v) is 8.30. The Morgan fingerprint density at radius 2 is 1.87 bits per heavy atom. The molecule has 158 valence electrons. The van der Waals surface area contributed by atoms with Gasteiger partial charge in [-0.3, -0.25) is 4.79 Å². The molecule has 1 amide bonds. The predicted octanol–water partition coefficient (Wildman–Crippen LogP) is 3.85. The van der Waals surface area contributed by atoms with Crippen LogP contribution in [-0.2, 0) is 12.0 Å². The van der Waals surface area contributed by atoms with Gasteiger partial charge in [0.15, 0.2) is 11.6 Å². The minimum atomic E-state index is -0.196. The molecule has 0 aliphatic carbocycles. The normalized spacial score (nSPS) is 11.5. The smallest absolute Gasteiger partial charge is 0.259 e. The molecule has 3 aromatic heterocycles. The summed E-state index contributed by atoms with van der Waals surface area (Å²) in [7, 11) is 0. The number of carbonyl (C=O) groups excluding carboxylic acids is 1. The fourth-order valence-electron chi connectivity index (χ4n) is 3.02. The molecule has 1 aromatic carbocycles. The summed E-state index contributed by atoms with van der Waals surface area (Å²) in [5.74, 6) is 1.48. The predicted molar refractivity (Wildman–Crippen MR) is 116 cm³/mol. The number of hydrogen-bond donors (Lipinski definition) is 1. The first-order valence-corrected chi connectivity index (χ1v) is 10.0. The van der Waals surface area contributed by atoms with Crippen LogP contribution >= 0.6 is 0 Å². The van der Waals surface area contributed by atoms with Gasteiger partial charge in [-0.15, -0.1) is 0 Å². The third-order valence-electron chi connectivity index (χ3n) is 4.86. The lowest BCUT2D eigenvalue weighted by molar-refractivity contribution is 0.0950. The van der Waals surface area contributed by atoms with E-state index < -0.39 is 0 Å². The van der Waals surface area contributed by atoms with Crippen LogP contribution in [0.25, 0.3) is 17.3 Å². The first-order valence-electron chi connectivity index (χ1n) is 10.0. The molecule has 8 nitrogen and oxygen atoms in total. The van der Waals surface area contributed by atoms with Crippen LogP contribution in [0.15, 0.2) is 59.4 Å². The van der Waals surface area contributed by atoms with Crippen LogP contribution in [0.2, 0.25) is 0 Å². The number of nitrogens with one attached hydrogen (secondary N) is 1. The molecule has 0 spiro atoms. The second kappa shape index (κ2) is 8.14. The third kappa shape index (κ3) is 4.37. The number of carbonyl (C=O) groups is 1. The number of pyridine rings is 1. The van der Waals surface area contributed by atoms with Gasteiger partial charge in [0.25, 0.3) is 11.8 Å². The maximum absolute atomic E-state index is 12.6. The standard InChI is InChI=1S/C23H24N6O2/c1-15-18(20(30)25-12-16-8-6-5-7-9-16)14-26-29(15)19-11-10-17(13-24-19)21-27-22(28-31-21)23(2,3)4/h5-11,13-14H,12H2,1-4H3,(H,25,30). The van der Waals surface area contributed by atoms with E-state index in [1.54, 1.807) is 17.1 Å². The highest BCUT2D eigenvalue weighted by molar-refractivity contribution is 5.95. The van der Waals surface area contributed by atoms with E-state index in [0.717, 1.165) is 11.1 Å². The summed E-state index contributed by atoms with van der Waals surface area (Å²) in [5.41, 5.74) is 2.78. The molecule has 0 saturated heterocycles. The summed E-state index contributed by atoms with van der Waals surface area (Å²) in [6.45, 7) is 8.37. The number of rotatable bonds is 5. The molecule has 4 rings (SSSR count). The van der Waals surface area contributed by atoms with Crippen molar-refractivity contribution in [1.82, 2.24) is 30.2 Å². The Bertz CT molecular complexity index is 1190. The molecule has 0 aliphatic heterocycles. The first kappa shape index (κ1) is 20.5. The Morgan fingerprint density at radius 1 is 1.10 bits per heavy atom. The number of benzene rings is 1. The van der Waals surface area contributed by atoms with Gasteiger partial charge in [-0.1, -0.05) is 56.3 Å². The van der Waals surface area contributed by atoms with Crippen LogP contribution in [0.5, 0.6) is 0 Å². The summed E-state index contributed by atoms with van der Waals surface area (Å²) in [4.78, 5) is 21.5. The Hall–Kier alpha value is -3.81. The van der Waals surface area contributed by atoms with E-state index in [2.05, 4.69) is 25.5 Å². The van der Waals surface area contributed by atoms with E-state index in [1.807, 2.05) is 70.2 Å². The Labute approximate surface area is 180 Å². The highest BCUT2D eigenvalue weighted by Crippen LogP contribution is 2.24. The molecule has 0 saturated carbocycles. The highest BCUT2D eigenvalue weighted by atomic mass is 16.5. The van der Waals surface area contributed by atoms with Crippen molar-refractivity contribution < 1.29 is 9.32 Å². The zero-order valence-electron chi connectivity index (χ0n) is 18.0. The maximum Gasteiger partial charge on any atom is 0.259 e. The third-order valence-corrected chi connectivity index (χ3v) is 4.86. The van der Waals surface area contributed by atoms with Crippen molar-refractivity contribution in [3.63, 3.8) is 0 Å². The number of aromatic nitrogens is 5. The average molecular weight is 416 g/mol. The van der Waals surface area contributed by atoms with Crippen molar-refractivity contribution in [2.75, 3.05) is 0 Å². The van der Waals surface area contributed by atoms with Crippen LogP contribution in [0.4, 0.5) is 0 Å². The summed E-state index contributed by atoms with van der Waals surface area (Å²) < 4.78 is 7.00. The number of nitrogens with zero attached hydrogens (tertiary/aromatic N) is 5. The van der Waals surface area contributed by atoms with Crippen molar-refractivity contribution in [3.8, 4) is 17.3 Å². The number of hydrogen-bond acceptors (Lipinski definition) is 6. The molecular weight excluding hydrogens is 392 g/mol. The molecule has 1 N–H and O–H groups in total. The molecule has 8 heteroatoms. The lowest BCUT2D eigenvalue weighted by Crippen LogP contribution is -2.23. The Kier molecular flexibility index (Phi) is 5.37. The van der Waals surface area contributed by atoms with E-state index in [-0.39, 0.29) is 11.3 Å². The molecule has 0 unspecified atom stereocenters. The molecule has 0 aliphatic rings. The van der Waals surface area contributed by atoms with Crippen molar-refractivity contribution in [2.45, 2.75) is 39.7 Å². The van der Waals surface area contributed by atoms with Gasteiger partial charge in [-0.05, 0) is 24.6 Å². The van der Waals surface area contributed by atoms with Gasteiger partial charge < -0.3 is 9.84 Å². The topological polar surface area (TPSA) is 98.7 Å². The summed E-state index contributed by atoms with van der Waals surface area (Å²) in [6.07, 6.45) is 3.21. The molecule has 31 heavy (non-hydrogen) atoms. The van der Waals surface area contributed by atoms with Gasteiger partial charge in [0.2, 0.25) is 0 Å². The molecule has 0 atom stereocenters. The van der Waals surface area contributed by atoms with Crippen molar-refractivity contribution >= 4 is 5.91 Å². The van der Waals surface area contributed by atoms with Gasteiger partial charge in [-0.2, -0.15) is 10.1 Å². The van der Waals surface area contributed by atoms with Crippen LogP contribution in [0.1, 0.15) is 48.2 Å². The minimum absolute atomic E-state index is 0.176. The lowest BCUT2D eigenvalue weighted by Gasteiger charge is -2.10. The highest BCUT2D eigenvalue weighted by Gasteiger charge is 2.22. The second-order valence-electron chi connectivity index (χ2n) is 8.30. The van der Waals surface area contributed by atoms with Crippen LogP contribution < -0.4 is 5.32 Å². The summed E-state index contributed by atoms with van der Waals surface area (Å²) >= 11 is 0. The molecule has 0 bridgehead atoms. The van der Waals surface area contributed by atoms with Crippen LogP contribution in [0.3, 0.4) is 0 Å². The lowest BCUT2D eigenvalue weighted by atomic mass is 9.96. The van der Waals surface area contributed by atoms with Gasteiger partial charge in [0.1, 0.15) is 0 Å². The van der Waals surface area contributed by atoms with Gasteiger partial charge in [0.05, 0.1) is 23.0 Å². The summed E-state index contributed by atoms with van der Waals surface area (Å²) in [6, 6.07) is 13.4. The van der Waals surface area contributed by atoms with E-state index in [0.29, 0.717) is 35.3 Å². The van der Waals surface area contributed by atoms with Crippen LogP contribution in [-0.4, -0.2) is 30.8 Å². The van der Waals surface area contributed by atoms with E-state index in [4.69, 9.17) is 4.52 Å². The zero-order valence-corrected chi connectivity index (χ0v) is 18.0. The fraction of sp³-hybridized carbons (Fsp3) is 0.261. The minimum Gasteiger partial charge on any atom is -0.348 e. The summed E-state index contributed by atoms with van der Waals surface area (Å²) in [5, 5.41) is 11.3. The van der Waals surface area contributed by atoms with Crippen LogP contribution in [0, 0.1) is 6.92 Å². The fourth-order valence-corrected chi connectivity index (χ4v) is 3.02. The first-order chi connectivity index (χ1) is 14.8. The average Bonchev–Trinajstić information content (AvgIpc) is 3.40. The number of amides is 1. The molecule has 0 fully saturated rings. The van der Waals surface area contributed by atoms with Crippen molar-refractivity contribution in [3.05, 3.63) is 77.5 Å². The van der Waals surface area contributed by atoms with Gasteiger partial charge in [0, 0.05) is 18.2 Å². The largest absolute Gasteiger partial charge is 0.348 e. The van der Waals surface area contributed by atoms with Crippen molar-refractivity contribution in [2.24, 2.45) is 0 Å². The monoisotopic (exact) mass is 416 g/mol. The van der Waals surface area contributed by atoms with E-state index >= 15 is 0 Å². The SMILES string of the molecule is Cc1c(C(=O)NCc2ccccc2)cnn1-c1ccc(-c2nc(C(C)(C)C)no2)cn1.